The van der Waals surface area contributed by atoms with Gasteiger partial charge in [0.25, 0.3) is 0 Å². The van der Waals surface area contributed by atoms with Gasteiger partial charge >= 0.3 is 22.6 Å². The van der Waals surface area contributed by atoms with Crippen LogP contribution in [0.15, 0.2) is 18.3 Å². The summed E-state index contributed by atoms with van der Waals surface area (Å²) in [7, 11) is 0. The van der Waals surface area contributed by atoms with Crippen molar-refractivity contribution in [3.63, 3.8) is 0 Å². The Bertz CT molecular complexity index is 287. The van der Waals surface area contributed by atoms with Crippen LogP contribution in [0.3, 0.4) is 0 Å². The summed E-state index contributed by atoms with van der Waals surface area (Å²) in [6.07, 6.45) is 4.87. The number of pyridine rings is 1. The Morgan fingerprint density at radius 3 is 2.53 bits per heavy atom. The first-order valence-electron chi connectivity index (χ1n) is 4.68. The molecule has 0 aliphatic carbocycles. The average molecular weight is 223 g/mol. The van der Waals surface area contributed by atoms with Gasteiger partial charge in [-0.1, -0.05) is 19.4 Å². The van der Waals surface area contributed by atoms with Crippen molar-refractivity contribution in [2.75, 3.05) is 0 Å². The van der Waals surface area contributed by atoms with E-state index in [2.05, 4.69) is 11.9 Å². The van der Waals surface area contributed by atoms with E-state index in [-0.39, 0.29) is 5.69 Å². The molecule has 4 nitrogen and oxygen atoms in total. The van der Waals surface area contributed by atoms with Crippen LogP contribution in [0.5, 0.6) is 0 Å². The van der Waals surface area contributed by atoms with E-state index >= 15 is 0 Å². The summed E-state index contributed by atoms with van der Waals surface area (Å²) in [5.74, 6) is -0.970. The molecule has 0 amide bonds. The van der Waals surface area contributed by atoms with E-state index in [0.717, 1.165) is 24.8 Å². The van der Waals surface area contributed by atoms with Gasteiger partial charge in [0.05, 0.1) is 0 Å². The van der Waals surface area contributed by atoms with Gasteiger partial charge in [0.2, 0.25) is 0 Å². The summed E-state index contributed by atoms with van der Waals surface area (Å²) in [4.78, 5) is 14.3. The lowest BCUT2D eigenvalue weighted by atomic mass is 10.1. The highest BCUT2D eigenvalue weighted by Crippen LogP contribution is 2.04. The highest BCUT2D eigenvalue weighted by Gasteiger charge is 2.02. The van der Waals surface area contributed by atoms with Gasteiger partial charge in [0, 0.05) is 6.20 Å². The van der Waals surface area contributed by atoms with Crippen molar-refractivity contribution in [3.8, 4) is 0 Å². The maximum Gasteiger partial charge on any atom is 0.363 e. The number of unbranched alkanes of at least 4 members (excludes halogenated alkanes) is 1. The first-order chi connectivity index (χ1) is 7.24. The number of carbonyl (C=O) groups is 1. The van der Waals surface area contributed by atoms with Crippen molar-refractivity contribution >= 4 is 22.6 Å². The maximum atomic E-state index is 10.5. The molecule has 0 aromatic carbocycles. The molecule has 0 bridgehead atoms. The zero-order valence-corrected chi connectivity index (χ0v) is 9.84. The minimum absolute atomic E-state index is 0.111. The van der Waals surface area contributed by atoms with Crippen LogP contribution in [0.2, 0.25) is 0 Å². The van der Waals surface area contributed by atoms with E-state index in [1.807, 2.05) is 6.07 Å². The van der Waals surface area contributed by atoms with Crippen molar-refractivity contribution in [2.24, 2.45) is 0 Å². The average Bonchev–Trinajstić information content (AvgIpc) is 2.29. The molecular weight excluding hydrogens is 209 g/mol. The topological polar surface area (TPSA) is 70.4 Å². The van der Waals surface area contributed by atoms with Crippen LogP contribution in [0.4, 0.5) is 0 Å². The zero-order chi connectivity index (χ0) is 11.7. The number of aromatic carboxylic acids is 1. The van der Waals surface area contributed by atoms with Crippen molar-refractivity contribution in [1.82, 2.24) is 4.98 Å². The van der Waals surface area contributed by atoms with Crippen LogP contribution in [-0.2, 0) is 6.42 Å². The highest BCUT2D eigenvalue weighted by atomic mass is 27.1. The van der Waals surface area contributed by atoms with E-state index in [1.54, 1.807) is 12.3 Å². The van der Waals surface area contributed by atoms with Gasteiger partial charge in [-0.2, -0.15) is 0 Å². The van der Waals surface area contributed by atoms with E-state index in [9.17, 15) is 4.79 Å². The lowest BCUT2D eigenvalue weighted by molar-refractivity contribution is 0.0690. The number of aryl methyl sites for hydroxylation is 1. The van der Waals surface area contributed by atoms with Crippen LogP contribution >= 0.6 is 0 Å². The monoisotopic (exact) mass is 223 g/mol. The van der Waals surface area contributed by atoms with Crippen molar-refractivity contribution in [2.45, 2.75) is 26.2 Å². The van der Waals surface area contributed by atoms with Crippen LogP contribution in [-0.4, -0.2) is 36.8 Å². The Morgan fingerprint density at radius 2 is 2.13 bits per heavy atom. The molecule has 0 aliphatic rings. The molecule has 80 valence electrons. The Hall–Kier alpha value is -0.888. The number of carboxylic acids is 1. The minimum Gasteiger partial charge on any atom is -0.529 e. The molecule has 1 aromatic heterocycles. The summed E-state index contributed by atoms with van der Waals surface area (Å²) in [5, 5.41) is 8.59. The largest absolute Gasteiger partial charge is 0.529 e. The second-order valence-electron chi connectivity index (χ2n) is 2.96. The molecule has 15 heavy (non-hydrogen) atoms. The number of rotatable bonds is 4. The van der Waals surface area contributed by atoms with Crippen LogP contribution in [0.1, 0.15) is 35.8 Å². The van der Waals surface area contributed by atoms with Gasteiger partial charge in [-0.05, 0) is 24.5 Å². The van der Waals surface area contributed by atoms with Gasteiger partial charge in [-0.15, -0.1) is 0 Å². The molecule has 0 atom stereocenters. The Labute approximate surface area is 97.7 Å². The lowest BCUT2D eigenvalue weighted by Crippen LogP contribution is -2.00. The van der Waals surface area contributed by atoms with Crippen molar-refractivity contribution in [1.29, 1.82) is 0 Å². The Balaban J connectivity index is 0.000000921. The summed E-state index contributed by atoms with van der Waals surface area (Å²) in [5.41, 5.74) is 1.21. The third kappa shape index (κ3) is 5.53. The molecule has 0 aliphatic heterocycles. The number of carboxylic acid groups (broad SMARTS) is 1. The summed E-state index contributed by atoms with van der Waals surface area (Å²) in [6, 6.07) is 3.37. The third-order valence-electron chi connectivity index (χ3n) is 1.86. The normalized spacial score (nSPS) is 8.93. The first-order valence-corrected chi connectivity index (χ1v) is 5.19. The molecule has 0 spiro atoms. The quantitative estimate of drug-likeness (QED) is 0.752. The molecule has 2 radical (unpaired) electrons. The SMILES string of the molecule is CCCCc1ccc(C(=O)O)nc1.[OH][Al]. The van der Waals surface area contributed by atoms with Gasteiger partial charge in [-0.3, -0.25) is 0 Å². The van der Waals surface area contributed by atoms with E-state index in [1.165, 1.54) is 16.6 Å². The molecule has 0 fully saturated rings. The minimum atomic E-state index is -0.970. The third-order valence-corrected chi connectivity index (χ3v) is 1.86. The molecule has 0 unspecified atom stereocenters. The number of hydrogen-bond donors (Lipinski definition) is 2. The zero-order valence-electron chi connectivity index (χ0n) is 8.68. The maximum absolute atomic E-state index is 10.5. The van der Waals surface area contributed by atoms with E-state index in [0.29, 0.717) is 0 Å². The lowest BCUT2D eigenvalue weighted by Gasteiger charge is -1.98. The molecule has 5 heteroatoms. The summed E-state index contributed by atoms with van der Waals surface area (Å²) < 4.78 is 6.92. The van der Waals surface area contributed by atoms with Gasteiger partial charge in [-0.25, -0.2) is 9.78 Å². The molecule has 0 saturated carbocycles. The predicted octanol–water partition coefficient (Wildman–Crippen LogP) is 1.18. The number of aromatic nitrogens is 1. The fraction of sp³-hybridized carbons (Fsp3) is 0.400. The van der Waals surface area contributed by atoms with Crippen molar-refractivity contribution < 1.29 is 14.1 Å². The molecule has 1 heterocycles. The number of nitrogens with zero attached hydrogens (tertiary/aromatic N) is 1. The predicted molar refractivity (Wildman–Crippen MR) is 57.8 cm³/mol. The smallest absolute Gasteiger partial charge is 0.363 e. The van der Waals surface area contributed by atoms with Gasteiger partial charge in [0.15, 0.2) is 0 Å². The van der Waals surface area contributed by atoms with Crippen LogP contribution in [0.25, 0.3) is 0 Å². The molecular formula is C10H14AlNO3. The highest BCUT2D eigenvalue weighted by molar-refractivity contribution is 5.95. The molecule has 1 rings (SSSR count). The Morgan fingerprint density at radius 1 is 1.47 bits per heavy atom. The van der Waals surface area contributed by atoms with E-state index < -0.39 is 5.97 Å². The van der Waals surface area contributed by atoms with Crippen LogP contribution in [0, 0.1) is 0 Å². The second kappa shape index (κ2) is 8.42. The summed E-state index contributed by atoms with van der Waals surface area (Å²) in [6.45, 7) is 2.12. The van der Waals surface area contributed by atoms with Crippen molar-refractivity contribution in [3.05, 3.63) is 29.6 Å². The summed E-state index contributed by atoms with van der Waals surface area (Å²) >= 11 is 1.42. The fourth-order valence-corrected chi connectivity index (χ4v) is 1.08. The number of hydrogen-bond acceptors (Lipinski definition) is 3. The molecule has 1 aromatic rings. The Kier molecular flexibility index (Phi) is 7.92. The fourth-order valence-electron chi connectivity index (χ4n) is 1.08. The van der Waals surface area contributed by atoms with Gasteiger partial charge < -0.3 is 9.26 Å². The van der Waals surface area contributed by atoms with Crippen LogP contribution < -0.4 is 0 Å². The van der Waals surface area contributed by atoms with E-state index in [4.69, 9.17) is 9.26 Å². The van der Waals surface area contributed by atoms with Gasteiger partial charge in [0.1, 0.15) is 5.69 Å². The molecule has 2 N–H and O–H groups in total. The standard InChI is InChI=1S/C10H13NO2.Al.H2O/c1-2-3-4-8-5-6-9(10(12)13)11-7-8;;/h5-7H,2-4H2,1H3,(H,12,13);;1H2/q;+1;/p-1. The molecule has 0 saturated heterocycles. The second-order valence-corrected chi connectivity index (χ2v) is 2.96. The first kappa shape index (κ1) is 14.1.